The minimum Gasteiger partial charge on any atom is -0.398 e. The molecule has 0 atom stereocenters. The maximum Gasteiger partial charge on any atom is 0.251 e. The average Bonchev–Trinajstić information content (AvgIpc) is 2.34. The van der Waals surface area contributed by atoms with Gasteiger partial charge in [0.05, 0.1) is 6.54 Å². The number of hydrogen-bond acceptors (Lipinski definition) is 2. The van der Waals surface area contributed by atoms with Crippen molar-refractivity contribution in [2.75, 3.05) is 5.73 Å². The summed E-state index contributed by atoms with van der Waals surface area (Å²) in [4.78, 5) is 11.4. The van der Waals surface area contributed by atoms with Crippen molar-refractivity contribution in [1.29, 1.82) is 0 Å². The summed E-state index contributed by atoms with van der Waals surface area (Å²) in [6.45, 7) is 0.369. The maximum atomic E-state index is 11.4. The van der Waals surface area contributed by atoms with Crippen LogP contribution < -0.4 is 11.3 Å². The zero-order valence-electron chi connectivity index (χ0n) is 9.26. The van der Waals surface area contributed by atoms with Gasteiger partial charge in [0.25, 0.3) is 5.56 Å². The summed E-state index contributed by atoms with van der Waals surface area (Å²) < 4.78 is 1.55. The van der Waals surface area contributed by atoms with Gasteiger partial charge < -0.3 is 10.3 Å². The Morgan fingerprint density at radius 2 is 1.88 bits per heavy atom. The molecule has 0 unspecified atom stereocenters. The molecule has 0 aliphatic heterocycles. The summed E-state index contributed by atoms with van der Waals surface area (Å²) in [5, 5.41) is 0. The molecule has 0 spiro atoms. The Labute approximate surface area is 99.5 Å². The molecule has 1 aromatic heterocycles. The Morgan fingerprint density at radius 1 is 1.12 bits per heavy atom. The first-order valence-corrected chi connectivity index (χ1v) is 5.26. The average molecular weight is 224 g/mol. The highest BCUT2D eigenvalue weighted by Crippen LogP contribution is 2.07. The molecule has 1 heterocycles. The number of benzene rings is 1. The molecule has 0 radical (unpaired) electrons. The SMILES string of the molecule is Nc1ccccc1C#CCn1ccccc1=O. The number of nitrogen functional groups attached to an aromatic ring is 1. The molecule has 0 fully saturated rings. The highest BCUT2D eigenvalue weighted by Gasteiger charge is 1.92. The molecule has 17 heavy (non-hydrogen) atoms. The van der Waals surface area contributed by atoms with E-state index in [1.54, 1.807) is 29.0 Å². The summed E-state index contributed by atoms with van der Waals surface area (Å²) in [6, 6.07) is 12.4. The van der Waals surface area contributed by atoms with E-state index in [1.807, 2.05) is 18.2 Å². The van der Waals surface area contributed by atoms with E-state index in [-0.39, 0.29) is 5.56 Å². The number of anilines is 1. The van der Waals surface area contributed by atoms with Gasteiger partial charge in [0.2, 0.25) is 0 Å². The van der Waals surface area contributed by atoms with Gasteiger partial charge in [-0.25, -0.2) is 0 Å². The molecule has 3 heteroatoms. The second kappa shape index (κ2) is 5.04. The van der Waals surface area contributed by atoms with Gasteiger partial charge >= 0.3 is 0 Å². The molecule has 2 N–H and O–H groups in total. The van der Waals surface area contributed by atoms with Crippen LogP contribution in [0.1, 0.15) is 5.56 Å². The Bertz CT molecular complexity index is 632. The van der Waals surface area contributed by atoms with E-state index >= 15 is 0 Å². The molecular weight excluding hydrogens is 212 g/mol. The Kier molecular flexibility index (Phi) is 3.27. The van der Waals surface area contributed by atoms with Gasteiger partial charge in [0, 0.05) is 23.5 Å². The molecule has 0 aliphatic carbocycles. The molecular formula is C14H12N2O. The molecule has 84 valence electrons. The number of pyridine rings is 1. The number of hydrogen-bond donors (Lipinski definition) is 1. The quantitative estimate of drug-likeness (QED) is 0.589. The van der Waals surface area contributed by atoms with Gasteiger partial charge in [0.15, 0.2) is 0 Å². The highest BCUT2D eigenvalue weighted by atomic mass is 16.1. The molecule has 0 bridgehead atoms. The minimum atomic E-state index is -0.0529. The van der Waals surface area contributed by atoms with Gasteiger partial charge in [0.1, 0.15) is 0 Å². The monoisotopic (exact) mass is 224 g/mol. The highest BCUT2D eigenvalue weighted by molar-refractivity contribution is 5.55. The van der Waals surface area contributed by atoms with E-state index in [0.29, 0.717) is 12.2 Å². The molecule has 3 nitrogen and oxygen atoms in total. The van der Waals surface area contributed by atoms with Crippen molar-refractivity contribution in [3.63, 3.8) is 0 Å². The fourth-order valence-corrected chi connectivity index (χ4v) is 1.42. The number of nitrogens with two attached hydrogens (primary N) is 1. The molecule has 0 saturated carbocycles. The second-order valence-corrected chi connectivity index (χ2v) is 3.56. The summed E-state index contributed by atoms with van der Waals surface area (Å²) >= 11 is 0. The number of nitrogens with zero attached hydrogens (tertiary/aromatic N) is 1. The number of aromatic nitrogens is 1. The van der Waals surface area contributed by atoms with Crippen LogP contribution in [0.15, 0.2) is 53.5 Å². The molecule has 1 aromatic carbocycles. The third kappa shape index (κ3) is 2.76. The third-order valence-corrected chi connectivity index (χ3v) is 2.33. The van der Waals surface area contributed by atoms with Gasteiger partial charge in [-0.1, -0.05) is 30.0 Å². The number of rotatable bonds is 1. The summed E-state index contributed by atoms with van der Waals surface area (Å²) in [5.41, 5.74) is 7.15. The van der Waals surface area contributed by atoms with Crippen LogP contribution in [0.25, 0.3) is 0 Å². The first-order chi connectivity index (χ1) is 8.27. The van der Waals surface area contributed by atoms with Crippen molar-refractivity contribution < 1.29 is 0 Å². The van der Waals surface area contributed by atoms with Crippen molar-refractivity contribution in [1.82, 2.24) is 4.57 Å². The molecule has 0 saturated heterocycles. The Balaban J connectivity index is 2.17. The van der Waals surface area contributed by atoms with E-state index < -0.39 is 0 Å². The standard InChI is InChI=1S/C14H12N2O/c15-13-8-2-1-6-12(13)7-5-11-16-10-4-3-9-14(16)17/h1-4,6,8-10H,11,15H2. The van der Waals surface area contributed by atoms with Gasteiger partial charge in [-0.15, -0.1) is 0 Å². The van der Waals surface area contributed by atoms with E-state index in [2.05, 4.69) is 11.8 Å². The lowest BCUT2D eigenvalue weighted by molar-refractivity contribution is 0.796. The largest absolute Gasteiger partial charge is 0.398 e. The van der Waals surface area contributed by atoms with Crippen LogP contribution in [0.3, 0.4) is 0 Å². The van der Waals surface area contributed by atoms with Crippen LogP contribution in [-0.2, 0) is 6.54 Å². The van der Waals surface area contributed by atoms with Crippen molar-refractivity contribution in [2.24, 2.45) is 0 Å². The van der Waals surface area contributed by atoms with Crippen LogP contribution in [-0.4, -0.2) is 4.57 Å². The van der Waals surface area contributed by atoms with E-state index in [9.17, 15) is 4.79 Å². The topological polar surface area (TPSA) is 48.0 Å². The summed E-state index contributed by atoms with van der Waals surface area (Å²) in [7, 11) is 0. The van der Waals surface area contributed by atoms with Gasteiger partial charge in [-0.3, -0.25) is 4.79 Å². The molecule has 0 aliphatic rings. The minimum absolute atomic E-state index is 0.0529. The van der Waals surface area contributed by atoms with Gasteiger partial charge in [-0.05, 0) is 18.2 Å². The first kappa shape index (κ1) is 11.0. The van der Waals surface area contributed by atoms with Crippen molar-refractivity contribution in [3.05, 3.63) is 64.6 Å². The zero-order valence-corrected chi connectivity index (χ0v) is 9.26. The lowest BCUT2D eigenvalue weighted by Gasteiger charge is -1.98. The van der Waals surface area contributed by atoms with Crippen LogP contribution in [0.2, 0.25) is 0 Å². The first-order valence-electron chi connectivity index (χ1n) is 5.26. The van der Waals surface area contributed by atoms with Crippen LogP contribution in [0, 0.1) is 11.8 Å². The van der Waals surface area contributed by atoms with Gasteiger partial charge in [-0.2, -0.15) is 0 Å². The normalized spacial score (nSPS) is 9.41. The zero-order chi connectivity index (χ0) is 12.1. The molecule has 0 amide bonds. The Morgan fingerprint density at radius 3 is 2.65 bits per heavy atom. The van der Waals surface area contributed by atoms with E-state index in [1.165, 1.54) is 6.07 Å². The fraction of sp³-hybridized carbons (Fsp3) is 0.0714. The summed E-state index contributed by atoms with van der Waals surface area (Å²) in [5.74, 6) is 5.89. The van der Waals surface area contributed by atoms with Crippen molar-refractivity contribution >= 4 is 5.69 Å². The molecule has 2 aromatic rings. The maximum absolute atomic E-state index is 11.4. The Hall–Kier alpha value is -2.47. The smallest absolute Gasteiger partial charge is 0.251 e. The second-order valence-electron chi connectivity index (χ2n) is 3.56. The predicted molar refractivity (Wildman–Crippen MR) is 68.4 cm³/mol. The lowest BCUT2D eigenvalue weighted by Crippen LogP contribution is -2.16. The van der Waals surface area contributed by atoms with E-state index in [4.69, 9.17) is 5.73 Å². The fourth-order valence-electron chi connectivity index (χ4n) is 1.42. The van der Waals surface area contributed by atoms with Crippen LogP contribution in [0.4, 0.5) is 5.69 Å². The van der Waals surface area contributed by atoms with Crippen molar-refractivity contribution in [3.8, 4) is 11.8 Å². The third-order valence-electron chi connectivity index (χ3n) is 2.33. The van der Waals surface area contributed by atoms with E-state index in [0.717, 1.165) is 5.56 Å². The predicted octanol–water partition coefficient (Wildman–Crippen LogP) is 1.48. The van der Waals surface area contributed by atoms with Crippen LogP contribution >= 0.6 is 0 Å². The summed E-state index contributed by atoms with van der Waals surface area (Å²) in [6.07, 6.45) is 1.71. The van der Waals surface area contributed by atoms with Crippen LogP contribution in [0.5, 0.6) is 0 Å². The lowest BCUT2D eigenvalue weighted by atomic mass is 10.2. The van der Waals surface area contributed by atoms with Crippen molar-refractivity contribution in [2.45, 2.75) is 6.54 Å². The molecule has 2 rings (SSSR count). The number of para-hydroxylation sites is 1.